The summed E-state index contributed by atoms with van der Waals surface area (Å²) in [6.45, 7) is 0. The molecule has 2 aromatic heterocycles. The van der Waals surface area contributed by atoms with Crippen molar-refractivity contribution in [2.45, 2.75) is 10.2 Å². The molecule has 0 radical (unpaired) electrons. The van der Waals surface area contributed by atoms with Gasteiger partial charge >= 0.3 is 0 Å². The average molecular weight is 392 g/mol. The van der Waals surface area contributed by atoms with Crippen LogP contribution < -0.4 is 10.2 Å². The number of benzene rings is 2. The van der Waals surface area contributed by atoms with E-state index in [1.54, 1.807) is 30.3 Å². The highest BCUT2D eigenvalue weighted by Gasteiger charge is 2.10. The van der Waals surface area contributed by atoms with Crippen LogP contribution in [0.15, 0.2) is 80.4 Å². The first kappa shape index (κ1) is 17.9. The predicted octanol–water partition coefficient (Wildman–Crippen LogP) is 4.08. The normalized spacial score (nSPS) is 11.2. The fraction of sp³-hybridized carbons (Fsp3) is 0.0500. The van der Waals surface area contributed by atoms with Crippen LogP contribution in [0.2, 0.25) is 0 Å². The van der Waals surface area contributed by atoms with Gasteiger partial charge in [-0.2, -0.15) is 5.10 Å². The Balaban J connectivity index is 1.39. The summed E-state index contributed by atoms with van der Waals surface area (Å²) in [5, 5.41) is 5.34. The van der Waals surface area contributed by atoms with Crippen molar-refractivity contribution < 1.29 is 13.9 Å². The number of H-pyrrole nitrogens is 1. The van der Waals surface area contributed by atoms with E-state index < -0.39 is 0 Å². The second-order valence-corrected chi connectivity index (χ2v) is 6.71. The number of methoxy groups -OCH3 is 1. The fourth-order valence-corrected chi connectivity index (χ4v) is 3.35. The smallest absolute Gasteiger partial charge is 0.275 e. The Morgan fingerprint density at radius 3 is 2.86 bits per heavy atom. The van der Waals surface area contributed by atoms with Gasteiger partial charge in [0.25, 0.3) is 5.91 Å². The number of nitrogens with one attached hydrogen (secondary N) is 2. The molecule has 0 unspecified atom stereocenters. The van der Waals surface area contributed by atoms with Gasteiger partial charge in [0, 0.05) is 0 Å². The number of imidazole rings is 1. The molecule has 0 aliphatic heterocycles. The van der Waals surface area contributed by atoms with Crippen molar-refractivity contribution in [3.05, 3.63) is 72.0 Å². The summed E-state index contributed by atoms with van der Waals surface area (Å²) in [4.78, 5) is 19.9. The lowest BCUT2D eigenvalue weighted by atomic mass is 10.2. The molecule has 0 saturated heterocycles. The third-order valence-electron chi connectivity index (χ3n) is 3.88. The Bertz CT molecular complexity index is 1120. The van der Waals surface area contributed by atoms with Gasteiger partial charge in [0.05, 0.1) is 29.9 Å². The molecule has 2 aromatic carbocycles. The number of nitrogens with zero attached hydrogens (tertiary/aromatic N) is 2. The molecule has 1 amide bonds. The zero-order valence-electron chi connectivity index (χ0n) is 14.9. The van der Waals surface area contributed by atoms with Gasteiger partial charge in [0.15, 0.2) is 10.2 Å². The maximum absolute atomic E-state index is 12.2. The first-order chi connectivity index (χ1) is 13.7. The van der Waals surface area contributed by atoms with E-state index in [0.29, 0.717) is 22.2 Å². The second kappa shape index (κ2) is 8.01. The van der Waals surface area contributed by atoms with E-state index in [4.69, 9.17) is 9.15 Å². The highest BCUT2D eigenvalue weighted by molar-refractivity contribution is 7.99. The lowest BCUT2D eigenvalue weighted by Crippen LogP contribution is -2.18. The number of hydrogen-bond donors (Lipinski definition) is 2. The van der Waals surface area contributed by atoms with Crippen LogP contribution in [0.25, 0.3) is 11.0 Å². The number of hydrogen-bond acceptors (Lipinski definition) is 6. The first-order valence-electron chi connectivity index (χ1n) is 8.42. The number of aromatic amines is 1. The summed E-state index contributed by atoms with van der Waals surface area (Å²) in [6.07, 6.45) is 1.44. The number of aromatic nitrogens is 2. The van der Waals surface area contributed by atoms with E-state index in [9.17, 15) is 4.79 Å². The van der Waals surface area contributed by atoms with Crippen LogP contribution in [-0.2, 0) is 0 Å². The average Bonchev–Trinajstić information content (AvgIpc) is 3.34. The van der Waals surface area contributed by atoms with Crippen LogP contribution in [-0.4, -0.2) is 29.2 Å². The van der Waals surface area contributed by atoms with Crippen LogP contribution in [0.5, 0.6) is 5.75 Å². The van der Waals surface area contributed by atoms with Crippen molar-refractivity contribution in [3.63, 3.8) is 0 Å². The topological polar surface area (TPSA) is 92.5 Å². The van der Waals surface area contributed by atoms with Crippen LogP contribution in [0.3, 0.4) is 0 Å². The van der Waals surface area contributed by atoms with E-state index in [1.807, 2.05) is 30.3 Å². The third-order valence-corrected chi connectivity index (χ3v) is 4.68. The van der Waals surface area contributed by atoms with Gasteiger partial charge in [-0.1, -0.05) is 24.3 Å². The lowest BCUT2D eigenvalue weighted by molar-refractivity contribution is 0.0952. The van der Waals surface area contributed by atoms with E-state index >= 15 is 0 Å². The molecule has 0 aliphatic carbocycles. The number of carbonyl (C=O) groups is 1. The Labute approximate surface area is 164 Å². The quantitative estimate of drug-likeness (QED) is 0.381. The highest BCUT2D eigenvalue weighted by Crippen LogP contribution is 2.28. The Hall–Kier alpha value is -3.52. The van der Waals surface area contributed by atoms with Gasteiger partial charge in [-0.25, -0.2) is 10.4 Å². The minimum absolute atomic E-state index is 0.364. The summed E-state index contributed by atoms with van der Waals surface area (Å²) in [5.74, 6) is 0.633. The molecule has 0 fully saturated rings. The first-order valence-corrected chi connectivity index (χ1v) is 9.23. The molecule has 8 heteroatoms. The maximum atomic E-state index is 12.2. The van der Waals surface area contributed by atoms with Crippen LogP contribution in [0.1, 0.15) is 16.1 Å². The molecule has 28 heavy (non-hydrogen) atoms. The highest BCUT2D eigenvalue weighted by atomic mass is 32.2. The number of para-hydroxylation sites is 3. The van der Waals surface area contributed by atoms with Crippen molar-refractivity contribution in [1.82, 2.24) is 15.4 Å². The molecular formula is C20H16N4O3S. The fourth-order valence-electron chi connectivity index (χ4n) is 2.58. The predicted molar refractivity (Wildman–Crippen MR) is 107 cm³/mol. The number of ether oxygens (including phenoxy) is 1. The molecule has 7 nitrogen and oxygen atoms in total. The summed E-state index contributed by atoms with van der Waals surface area (Å²) in [7, 11) is 1.51. The van der Waals surface area contributed by atoms with Gasteiger partial charge < -0.3 is 14.1 Å². The van der Waals surface area contributed by atoms with E-state index in [2.05, 4.69) is 20.5 Å². The maximum Gasteiger partial charge on any atom is 0.275 e. The van der Waals surface area contributed by atoms with Crippen LogP contribution in [0, 0.1) is 0 Å². The zero-order valence-corrected chi connectivity index (χ0v) is 15.7. The van der Waals surface area contributed by atoms with E-state index in [0.717, 1.165) is 16.2 Å². The van der Waals surface area contributed by atoms with Crippen molar-refractivity contribution in [3.8, 4) is 5.75 Å². The van der Waals surface area contributed by atoms with Crippen LogP contribution in [0.4, 0.5) is 0 Å². The molecule has 0 saturated carbocycles. The molecule has 2 N–H and O–H groups in total. The Kier molecular flexibility index (Phi) is 5.11. The molecule has 4 aromatic rings. The molecule has 0 bridgehead atoms. The SMILES string of the molecule is COc1ccccc1C(=O)NN=Cc1ccc(Sc2nc3ccccc3[nH]2)o1. The van der Waals surface area contributed by atoms with Gasteiger partial charge in [-0.3, -0.25) is 4.79 Å². The van der Waals surface area contributed by atoms with Crippen molar-refractivity contribution >= 4 is 34.9 Å². The van der Waals surface area contributed by atoms with Crippen molar-refractivity contribution in [1.29, 1.82) is 0 Å². The summed E-state index contributed by atoms with van der Waals surface area (Å²) >= 11 is 1.38. The van der Waals surface area contributed by atoms with Crippen LogP contribution >= 0.6 is 11.8 Å². The Morgan fingerprint density at radius 1 is 1.18 bits per heavy atom. The summed E-state index contributed by atoms with van der Waals surface area (Å²) in [6, 6.07) is 18.3. The van der Waals surface area contributed by atoms with Gasteiger partial charge in [-0.15, -0.1) is 0 Å². The minimum Gasteiger partial charge on any atom is -0.496 e. The minimum atomic E-state index is -0.364. The zero-order chi connectivity index (χ0) is 19.3. The largest absolute Gasteiger partial charge is 0.496 e. The number of carbonyl (C=O) groups excluding carboxylic acids is 1. The van der Waals surface area contributed by atoms with Gasteiger partial charge in [0.1, 0.15) is 11.5 Å². The molecule has 4 rings (SSSR count). The number of rotatable bonds is 6. The number of furan rings is 1. The molecule has 0 spiro atoms. The third kappa shape index (κ3) is 3.91. The summed E-state index contributed by atoms with van der Waals surface area (Å²) in [5.41, 5.74) is 4.74. The molecule has 0 aliphatic rings. The van der Waals surface area contributed by atoms with E-state index in [-0.39, 0.29) is 5.91 Å². The van der Waals surface area contributed by atoms with Gasteiger partial charge in [0.2, 0.25) is 0 Å². The van der Waals surface area contributed by atoms with Crippen molar-refractivity contribution in [2.24, 2.45) is 5.10 Å². The summed E-state index contributed by atoms with van der Waals surface area (Å²) < 4.78 is 10.9. The molecular weight excluding hydrogens is 376 g/mol. The Morgan fingerprint density at radius 2 is 2.00 bits per heavy atom. The van der Waals surface area contributed by atoms with E-state index in [1.165, 1.54) is 25.1 Å². The van der Waals surface area contributed by atoms with Gasteiger partial charge in [-0.05, 0) is 48.2 Å². The monoisotopic (exact) mass is 392 g/mol. The second-order valence-electron chi connectivity index (χ2n) is 5.72. The van der Waals surface area contributed by atoms with Crippen molar-refractivity contribution in [2.75, 3.05) is 7.11 Å². The lowest BCUT2D eigenvalue weighted by Gasteiger charge is -2.05. The molecule has 2 heterocycles. The molecule has 140 valence electrons. The number of amides is 1. The number of fused-ring (bicyclic) bond motifs is 1. The number of hydrazone groups is 1. The standard InChI is InChI=1S/C20H16N4O3S/c1-26-17-9-5-2-6-14(17)19(25)24-21-12-13-10-11-18(27-13)28-20-22-15-7-3-4-8-16(15)23-20/h2-12H,1H3,(H,22,23)(H,24,25). The molecule has 0 atom stereocenters.